The van der Waals surface area contributed by atoms with Gasteiger partial charge in [0.1, 0.15) is 11.7 Å². The number of aliphatic imine (C=N–C) groups is 1. The third-order valence-corrected chi connectivity index (χ3v) is 2.41. The Kier molecular flexibility index (Phi) is 12.6. The summed E-state index contributed by atoms with van der Waals surface area (Å²) in [5, 5.41) is 11.6. The van der Waals surface area contributed by atoms with Crippen LogP contribution in [0.4, 0.5) is 0 Å². The molecule has 0 aliphatic carbocycles. The molecule has 0 spiro atoms. The molecule has 0 fully saturated rings. The van der Waals surface area contributed by atoms with Crippen LogP contribution in [0.2, 0.25) is 0 Å². The van der Waals surface area contributed by atoms with E-state index in [1.165, 1.54) is 6.42 Å². The van der Waals surface area contributed by atoms with E-state index in [1.54, 1.807) is 27.7 Å². The molecule has 0 N–H and O–H groups in total. The van der Waals surface area contributed by atoms with E-state index in [1.807, 2.05) is 30.3 Å². The summed E-state index contributed by atoms with van der Waals surface area (Å²) in [6.07, 6.45) is 0.713. The van der Waals surface area contributed by atoms with Gasteiger partial charge in [-0.2, -0.15) is 0 Å². The summed E-state index contributed by atoms with van der Waals surface area (Å²) in [4.78, 5) is 15.5. The van der Waals surface area contributed by atoms with Gasteiger partial charge in [-0.25, -0.2) is 4.79 Å². The summed E-state index contributed by atoms with van der Waals surface area (Å²) in [6, 6.07) is 8.30. The van der Waals surface area contributed by atoms with Crippen molar-refractivity contribution in [2.24, 2.45) is 4.99 Å². The van der Waals surface area contributed by atoms with E-state index in [0.29, 0.717) is 0 Å². The Labute approximate surface area is 167 Å². The summed E-state index contributed by atoms with van der Waals surface area (Å²) in [5.74, 6) is -0.568. The first-order valence-electron chi connectivity index (χ1n) is 6.75. The van der Waals surface area contributed by atoms with E-state index in [-0.39, 0.29) is 50.1 Å². The van der Waals surface area contributed by atoms with Gasteiger partial charge in [-0.15, -0.1) is 24.0 Å². The molecule has 1 aromatic rings. The Balaban J connectivity index is 0. The predicted octanol–water partition coefficient (Wildman–Crippen LogP) is 2.47. The minimum Gasteiger partial charge on any atom is -0.596 e. The number of benzene rings is 1. The molecule has 0 aromatic heterocycles. The molecule has 1 aromatic carbocycles. The Morgan fingerprint density at radius 3 is 2.35 bits per heavy atom. The van der Waals surface area contributed by atoms with E-state index < -0.39 is 23.7 Å². The maximum absolute atomic E-state index is 11.8. The van der Waals surface area contributed by atoms with Crippen molar-refractivity contribution in [3.63, 3.8) is 0 Å². The second kappa shape index (κ2) is 11.8. The second-order valence-electron chi connectivity index (χ2n) is 5.48. The van der Waals surface area contributed by atoms with Gasteiger partial charge in [0, 0.05) is 26.1 Å². The maximum atomic E-state index is 11.8. The molecule has 0 saturated heterocycles. The van der Waals surface area contributed by atoms with Gasteiger partial charge < -0.3 is 14.6 Å². The molecular formula is C16H22INO4Zn-. The topological polar surface area (TPSA) is 71.0 Å². The number of nitrogens with zero attached hydrogens (tertiary/aromatic N) is 1. The zero-order valence-corrected chi connectivity index (χ0v) is 19.2. The summed E-state index contributed by atoms with van der Waals surface area (Å²) >= 11 is 0. The van der Waals surface area contributed by atoms with Crippen LogP contribution in [0.25, 0.3) is 0 Å². The number of hydrogen-bond donors (Lipinski definition) is 0. The number of ether oxygens (including phenoxy) is 2. The molecule has 5 nitrogen and oxygen atoms in total. The number of hydrogen-bond acceptors (Lipinski definition) is 5. The molecule has 1 rings (SSSR count). The molecular weight excluding hydrogens is 462 g/mol. The number of esters is 1. The van der Waals surface area contributed by atoms with Crippen LogP contribution in [0, 0.1) is 6.42 Å². The van der Waals surface area contributed by atoms with Crippen LogP contribution in [0.5, 0.6) is 0 Å². The van der Waals surface area contributed by atoms with Gasteiger partial charge in [0.05, 0.1) is 0 Å². The first-order chi connectivity index (χ1) is 9.81. The minimum absolute atomic E-state index is 0. The first-order valence-corrected chi connectivity index (χ1v) is 6.75. The van der Waals surface area contributed by atoms with Gasteiger partial charge in [-0.3, -0.25) is 4.99 Å². The molecule has 0 amide bonds. The largest absolute Gasteiger partial charge is 0.596 e. The Morgan fingerprint density at radius 1 is 1.30 bits per heavy atom. The number of carbonyl (C=O) groups excluding carboxylic acids is 1. The average molecular weight is 485 g/mol. The Bertz CT molecular complexity index is 489. The third-order valence-electron chi connectivity index (χ3n) is 2.41. The zero-order chi connectivity index (χ0) is 15.9. The van der Waals surface area contributed by atoms with Crippen LogP contribution in [0.15, 0.2) is 35.3 Å². The summed E-state index contributed by atoms with van der Waals surface area (Å²) in [5.41, 5.74) is 0.234. The fourth-order valence-corrected chi connectivity index (χ4v) is 1.50. The van der Waals surface area contributed by atoms with Crippen LogP contribution in [-0.4, -0.2) is 23.7 Å². The molecule has 0 saturated carbocycles. The quantitative estimate of drug-likeness (QED) is 0.212. The van der Waals surface area contributed by atoms with Crippen molar-refractivity contribution in [2.45, 2.75) is 45.9 Å². The molecule has 23 heavy (non-hydrogen) atoms. The van der Waals surface area contributed by atoms with Gasteiger partial charge in [0.25, 0.3) is 0 Å². The van der Waals surface area contributed by atoms with Crippen LogP contribution < -0.4 is 5.11 Å². The van der Waals surface area contributed by atoms with Crippen LogP contribution in [0.3, 0.4) is 0 Å². The van der Waals surface area contributed by atoms with E-state index in [4.69, 9.17) is 9.47 Å². The number of halogens is 1. The normalized spacial score (nSPS) is 12.4. The molecule has 7 heteroatoms. The van der Waals surface area contributed by atoms with E-state index in [2.05, 4.69) is 4.99 Å². The predicted molar refractivity (Wildman–Crippen MR) is 93.7 cm³/mol. The smallest absolute Gasteiger partial charge is 0.331 e. The standard InChI is InChI=1S/C16H22NO4.HI.Zn/c1-5-13(14(18)21-16(2,3)4)17-15(19)20-11-12-9-7-6-8-10-12;;/h5-10,13H,11H2,1-4H3,(H,17,19);1H;/p-1/t13-;;/m0../s1. The maximum Gasteiger partial charge on any atom is 0.331 e. The van der Waals surface area contributed by atoms with Gasteiger partial charge in [0.15, 0.2) is 6.04 Å². The third kappa shape index (κ3) is 10.7. The van der Waals surface area contributed by atoms with Crippen molar-refractivity contribution in [3.05, 3.63) is 42.3 Å². The van der Waals surface area contributed by atoms with Crippen LogP contribution in [-0.2, 0) is 40.4 Å². The molecule has 0 heterocycles. The van der Waals surface area contributed by atoms with Crippen molar-refractivity contribution in [3.8, 4) is 0 Å². The fraction of sp³-hybridized carbons (Fsp3) is 0.438. The van der Waals surface area contributed by atoms with Gasteiger partial charge in [0.2, 0.25) is 0 Å². The summed E-state index contributed by atoms with van der Waals surface area (Å²) < 4.78 is 10.2. The minimum atomic E-state index is -0.951. The van der Waals surface area contributed by atoms with Gasteiger partial charge >= 0.3 is 5.97 Å². The number of carbonyl (C=O) groups is 1. The van der Waals surface area contributed by atoms with E-state index >= 15 is 0 Å². The molecule has 0 unspecified atom stereocenters. The first kappa shape index (κ1) is 24.6. The van der Waals surface area contributed by atoms with Gasteiger partial charge in [-0.05, 0) is 32.8 Å². The molecule has 125 valence electrons. The van der Waals surface area contributed by atoms with Crippen molar-refractivity contribution in [1.82, 2.24) is 0 Å². The molecule has 0 aliphatic heterocycles. The fourth-order valence-electron chi connectivity index (χ4n) is 1.50. The molecule has 0 aliphatic rings. The summed E-state index contributed by atoms with van der Waals surface area (Å²) in [6.45, 7) is 7.03. The van der Waals surface area contributed by atoms with Crippen molar-refractivity contribution in [1.29, 1.82) is 0 Å². The Hall–Kier alpha value is -0.687. The van der Waals surface area contributed by atoms with Crippen LogP contribution in [0.1, 0.15) is 33.3 Å². The summed E-state index contributed by atoms with van der Waals surface area (Å²) in [7, 11) is 0. The molecule has 1 radical (unpaired) electrons. The van der Waals surface area contributed by atoms with Gasteiger partial charge in [-0.1, -0.05) is 37.3 Å². The van der Waals surface area contributed by atoms with Crippen molar-refractivity contribution < 1.29 is 38.9 Å². The van der Waals surface area contributed by atoms with E-state index in [0.717, 1.165) is 5.56 Å². The molecule has 0 bridgehead atoms. The molecule has 1 atom stereocenters. The van der Waals surface area contributed by atoms with Crippen LogP contribution >= 0.6 is 24.0 Å². The van der Waals surface area contributed by atoms with Crippen molar-refractivity contribution in [2.75, 3.05) is 0 Å². The Morgan fingerprint density at radius 2 is 1.87 bits per heavy atom. The number of rotatable bonds is 5. The monoisotopic (exact) mass is 483 g/mol. The van der Waals surface area contributed by atoms with Crippen molar-refractivity contribution >= 4 is 36.0 Å². The average Bonchev–Trinajstić information content (AvgIpc) is 2.41. The second-order valence-corrected chi connectivity index (χ2v) is 5.48. The SMILES string of the molecule is C[CH][C@H](N=C([O-])OCc1ccccc1)C(=O)OC(C)(C)C.I.[Zn]. The van der Waals surface area contributed by atoms with E-state index in [9.17, 15) is 9.90 Å². The zero-order valence-electron chi connectivity index (χ0n) is 13.9.